The van der Waals surface area contributed by atoms with E-state index >= 15 is 0 Å². The molecule has 4 heterocycles. The van der Waals surface area contributed by atoms with Crippen molar-refractivity contribution >= 4 is 34.6 Å². The largest absolute Gasteiger partial charge is 0.473 e. The van der Waals surface area contributed by atoms with Crippen molar-refractivity contribution in [2.75, 3.05) is 49.2 Å². The molecule has 2 aliphatic rings. The number of aromatic nitrogens is 4. The van der Waals surface area contributed by atoms with Crippen LogP contribution in [-0.2, 0) is 18.6 Å². The van der Waals surface area contributed by atoms with Gasteiger partial charge in [0.1, 0.15) is 18.0 Å². The van der Waals surface area contributed by atoms with Gasteiger partial charge in [-0.05, 0) is 38.5 Å². The molecule has 0 amide bonds. The van der Waals surface area contributed by atoms with Gasteiger partial charge in [0.2, 0.25) is 0 Å². The number of aliphatic hydroxyl groups excluding tert-OH is 1. The zero-order chi connectivity index (χ0) is 22.1. The minimum Gasteiger partial charge on any atom is -0.473 e. The first-order chi connectivity index (χ1) is 15.1. The molecule has 4 rings (SSSR count). The maximum absolute atomic E-state index is 11.5. The third kappa shape index (κ3) is 7.81. The van der Waals surface area contributed by atoms with Crippen molar-refractivity contribution in [1.82, 2.24) is 20.4 Å². The van der Waals surface area contributed by atoms with E-state index in [-0.39, 0.29) is 37.3 Å². The molecule has 9 nitrogen and oxygen atoms in total. The molecule has 0 bridgehead atoms. The van der Waals surface area contributed by atoms with Crippen molar-refractivity contribution in [2.24, 2.45) is 0 Å². The molecule has 0 aliphatic carbocycles. The number of halogens is 2. The van der Waals surface area contributed by atoms with Crippen LogP contribution in [0.25, 0.3) is 0 Å². The number of aliphatic hydroxyl groups is 1. The van der Waals surface area contributed by atoms with Crippen LogP contribution in [0.5, 0.6) is 5.88 Å². The van der Waals surface area contributed by atoms with Crippen molar-refractivity contribution < 1.29 is 28.4 Å². The Morgan fingerprint density at radius 2 is 1.47 bits per heavy atom. The molecule has 0 unspecified atom stereocenters. The van der Waals surface area contributed by atoms with E-state index in [0.717, 1.165) is 44.7 Å². The standard InChI is InChI=1S/C11H16ClN3O2.C9H12ClN3O.V/c12-10-8-9(15-4-2-1-3-5-15)11(14-13-10)17-7-6-16;10-8-6-7(9(14)12-11-8)13-4-2-1-3-5-13;/h8,16H,1-7H2;6H,1-5H2,(H,12,14);. The second-order valence-electron chi connectivity index (χ2n) is 7.43. The number of ether oxygens (including phenoxy) is 1. The third-order valence-electron chi connectivity index (χ3n) is 5.19. The third-order valence-corrected chi connectivity index (χ3v) is 5.57. The SMILES string of the molecule is O=c1[nH]nc(Cl)cc1N1CCCCC1.OCCOc1nnc(Cl)cc1N1CCCCC1.[V]. The fourth-order valence-corrected chi connectivity index (χ4v) is 3.98. The molecule has 32 heavy (non-hydrogen) atoms. The molecule has 2 aromatic heterocycles. The second-order valence-corrected chi connectivity index (χ2v) is 8.20. The number of hydrogen-bond donors (Lipinski definition) is 2. The van der Waals surface area contributed by atoms with Crippen molar-refractivity contribution in [2.45, 2.75) is 38.5 Å². The van der Waals surface area contributed by atoms with Crippen LogP contribution in [-0.4, -0.2) is 64.9 Å². The predicted molar refractivity (Wildman–Crippen MR) is 122 cm³/mol. The monoisotopic (exact) mass is 521 g/mol. The Morgan fingerprint density at radius 3 is 2.06 bits per heavy atom. The number of hydrogen-bond acceptors (Lipinski definition) is 8. The van der Waals surface area contributed by atoms with E-state index in [1.54, 1.807) is 12.1 Å². The van der Waals surface area contributed by atoms with E-state index < -0.39 is 0 Å². The van der Waals surface area contributed by atoms with E-state index in [0.29, 0.717) is 21.9 Å². The molecule has 2 aromatic rings. The summed E-state index contributed by atoms with van der Waals surface area (Å²) in [6.07, 6.45) is 7.11. The zero-order valence-electron chi connectivity index (χ0n) is 17.8. The predicted octanol–water partition coefficient (Wildman–Crippen LogP) is 2.90. The maximum atomic E-state index is 11.5. The summed E-state index contributed by atoms with van der Waals surface area (Å²) >= 11 is 11.6. The summed E-state index contributed by atoms with van der Waals surface area (Å²) in [7, 11) is 0. The van der Waals surface area contributed by atoms with E-state index in [2.05, 4.69) is 30.2 Å². The van der Waals surface area contributed by atoms with Crippen LogP contribution in [0.3, 0.4) is 0 Å². The summed E-state index contributed by atoms with van der Waals surface area (Å²) in [5.41, 5.74) is 1.36. The van der Waals surface area contributed by atoms with Crippen LogP contribution in [0, 0.1) is 0 Å². The molecular formula is C20H28Cl2N6O3V. The first-order valence-corrected chi connectivity index (χ1v) is 11.4. The van der Waals surface area contributed by atoms with Crippen LogP contribution in [0.2, 0.25) is 10.3 Å². The van der Waals surface area contributed by atoms with Gasteiger partial charge in [-0.3, -0.25) is 4.79 Å². The Balaban J connectivity index is 0.000000224. The molecule has 2 aliphatic heterocycles. The van der Waals surface area contributed by atoms with Gasteiger partial charge < -0.3 is 19.6 Å². The van der Waals surface area contributed by atoms with E-state index in [1.165, 1.54) is 25.7 Å². The zero-order valence-corrected chi connectivity index (χ0v) is 20.8. The summed E-state index contributed by atoms with van der Waals surface area (Å²) in [6.45, 7) is 4.02. The summed E-state index contributed by atoms with van der Waals surface area (Å²) in [5, 5.41) is 23.2. The smallest absolute Gasteiger partial charge is 0.287 e. The van der Waals surface area contributed by atoms with Crippen molar-refractivity contribution in [3.8, 4) is 5.88 Å². The molecular weight excluding hydrogens is 494 g/mol. The second kappa shape index (κ2) is 13.9. The van der Waals surface area contributed by atoms with Crippen LogP contribution in [0.4, 0.5) is 11.4 Å². The van der Waals surface area contributed by atoms with Crippen LogP contribution >= 0.6 is 23.2 Å². The number of rotatable bonds is 5. The van der Waals surface area contributed by atoms with Gasteiger partial charge in [0.15, 0.2) is 10.3 Å². The molecule has 0 aromatic carbocycles. The first-order valence-electron chi connectivity index (χ1n) is 10.6. The van der Waals surface area contributed by atoms with E-state index in [4.69, 9.17) is 33.0 Å². The molecule has 0 atom stereocenters. The Labute approximate surface area is 209 Å². The fraction of sp³-hybridized carbons (Fsp3) is 0.600. The summed E-state index contributed by atoms with van der Waals surface area (Å²) in [5.74, 6) is 0.449. The van der Waals surface area contributed by atoms with Crippen molar-refractivity contribution in [1.29, 1.82) is 0 Å². The van der Waals surface area contributed by atoms with Gasteiger partial charge in [0, 0.05) is 56.9 Å². The first kappa shape index (κ1) is 26.7. The fourth-order valence-electron chi connectivity index (χ4n) is 3.70. The van der Waals surface area contributed by atoms with Crippen LogP contribution in [0.1, 0.15) is 38.5 Å². The average molecular weight is 522 g/mol. The number of H-pyrrole nitrogens is 1. The number of aromatic amines is 1. The normalized spacial score (nSPS) is 16.0. The van der Waals surface area contributed by atoms with Crippen molar-refractivity contribution in [3.63, 3.8) is 0 Å². The molecule has 0 saturated carbocycles. The molecule has 2 N–H and O–H groups in total. The van der Waals surface area contributed by atoms with E-state index in [1.807, 2.05) is 0 Å². The summed E-state index contributed by atoms with van der Waals surface area (Å²) < 4.78 is 5.37. The summed E-state index contributed by atoms with van der Waals surface area (Å²) in [4.78, 5) is 15.7. The van der Waals surface area contributed by atoms with Gasteiger partial charge in [-0.25, -0.2) is 5.10 Å². The molecule has 2 fully saturated rings. The Bertz CT molecular complexity index is 892. The minimum atomic E-state index is -0.156. The maximum Gasteiger partial charge on any atom is 0.287 e. The van der Waals surface area contributed by atoms with Gasteiger partial charge in [-0.15, -0.1) is 10.2 Å². The number of anilines is 2. The number of nitrogens with zero attached hydrogens (tertiary/aromatic N) is 5. The molecule has 0 spiro atoms. The number of piperidine rings is 2. The van der Waals surface area contributed by atoms with Gasteiger partial charge in [0.25, 0.3) is 11.4 Å². The molecule has 2 saturated heterocycles. The molecule has 12 heteroatoms. The van der Waals surface area contributed by atoms with Gasteiger partial charge >= 0.3 is 0 Å². The van der Waals surface area contributed by atoms with Gasteiger partial charge in [-0.1, -0.05) is 23.2 Å². The molecule has 175 valence electrons. The van der Waals surface area contributed by atoms with Crippen LogP contribution in [0.15, 0.2) is 16.9 Å². The summed E-state index contributed by atoms with van der Waals surface area (Å²) in [6, 6.07) is 3.40. The number of nitrogens with one attached hydrogen (secondary N) is 1. The Kier molecular flexibility index (Phi) is 11.6. The Hall–Kier alpha value is -1.52. The van der Waals surface area contributed by atoms with E-state index in [9.17, 15) is 4.79 Å². The topological polar surface area (TPSA) is 107 Å². The van der Waals surface area contributed by atoms with Gasteiger partial charge in [0.05, 0.1) is 6.61 Å². The van der Waals surface area contributed by atoms with Crippen molar-refractivity contribution in [3.05, 3.63) is 32.8 Å². The average Bonchev–Trinajstić information content (AvgIpc) is 2.81. The van der Waals surface area contributed by atoms with Crippen LogP contribution < -0.4 is 20.1 Å². The molecule has 1 radical (unpaired) electrons. The minimum absolute atomic E-state index is 0. The van der Waals surface area contributed by atoms with Gasteiger partial charge in [-0.2, -0.15) is 5.10 Å². The quantitative estimate of drug-likeness (QED) is 0.618. The Morgan fingerprint density at radius 1 is 0.906 bits per heavy atom.